The molecule has 0 fully saturated rings. The molecule has 0 spiro atoms. The SMILES string of the molecule is CC(NC(=O)c1cncc(Br)c1)C(=O)N(C)C. The van der Waals surface area contributed by atoms with E-state index in [9.17, 15) is 9.59 Å². The van der Waals surface area contributed by atoms with Crippen LogP contribution in [0.3, 0.4) is 0 Å². The topological polar surface area (TPSA) is 62.3 Å². The molecule has 0 bridgehead atoms. The second-order valence-electron chi connectivity index (χ2n) is 3.82. The molecule has 0 aliphatic heterocycles. The molecule has 0 aliphatic rings. The molecule has 0 radical (unpaired) electrons. The van der Waals surface area contributed by atoms with E-state index in [0.29, 0.717) is 5.56 Å². The Morgan fingerprint density at radius 1 is 1.41 bits per heavy atom. The summed E-state index contributed by atoms with van der Waals surface area (Å²) in [6.07, 6.45) is 3.04. The van der Waals surface area contributed by atoms with Crippen LogP contribution in [0.2, 0.25) is 0 Å². The van der Waals surface area contributed by atoms with E-state index in [-0.39, 0.29) is 11.8 Å². The summed E-state index contributed by atoms with van der Waals surface area (Å²) in [7, 11) is 3.29. The second kappa shape index (κ2) is 5.77. The van der Waals surface area contributed by atoms with Crippen molar-refractivity contribution in [3.8, 4) is 0 Å². The Hall–Kier alpha value is -1.43. The second-order valence-corrected chi connectivity index (χ2v) is 4.74. The maximum Gasteiger partial charge on any atom is 0.253 e. The fraction of sp³-hybridized carbons (Fsp3) is 0.364. The van der Waals surface area contributed by atoms with Crippen molar-refractivity contribution in [2.45, 2.75) is 13.0 Å². The lowest BCUT2D eigenvalue weighted by Gasteiger charge is -2.17. The normalized spacial score (nSPS) is 11.8. The van der Waals surface area contributed by atoms with E-state index >= 15 is 0 Å². The summed E-state index contributed by atoms with van der Waals surface area (Å²) in [5.74, 6) is -0.470. The number of nitrogens with zero attached hydrogens (tertiary/aromatic N) is 2. The number of nitrogens with one attached hydrogen (secondary N) is 1. The molecular weight excluding hydrogens is 286 g/mol. The quantitative estimate of drug-likeness (QED) is 0.907. The molecular formula is C11H14BrN3O2. The molecule has 92 valence electrons. The highest BCUT2D eigenvalue weighted by Crippen LogP contribution is 2.09. The first-order valence-electron chi connectivity index (χ1n) is 5.04. The van der Waals surface area contributed by atoms with Crippen molar-refractivity contribution in [3.05, 3.63) is 28.5 Å². The van der Waals surface area contributed by atoms with Crippen molar-refractivity contribution in [1.29, 1.82) is 0 Å². The first-order chi connectivity index (χ1) is 7.91. The third-order valence-electron chi connectivity index (χ3n) is 2.13. The van der Waals surface area contributed by atoms with Crippen molar-refractivity contribution >= 4 is 27.7 Å². The van der Waals surface area contributed by atoms with Gasteiger partial charge in [0, 0.05) is 31.0 Å². The van der Waals surface area contributed by atoms with Crippen molar-refractivity contribution in [1.82, 2.24) is 15.2 Å². The van der Waals surface area contributed by atoms with E-state index in [2.05, 4.69) is 26.2 Å². The molecule has 1 N–H and O–H groups in total. The number of rotatable bonds is 3. The Morgan fingerprint density at radius 3 is 2.59 bits per heavy atom. The van der Waals surface area contributed by atoms with Crippen LogP contribution >= 0.6 is 15.9 Å². The standard InChI is InChI=1S/C11H14BrN3O2/c1-7(11(17)15(2)3)14-10(16)8-4-9(12)6-13-5-8/h4-7H,1-3H3,(H,14,16). The zero-order chi connectivity index (χ0) is 13.0. The van der Waals surface area contributed by atoms with Gasteiger partial charge in [-0.1, -0.05) is 0 Å². The van der Waals surface area contributed by atoms with Crippen molar-refractivity contribution in [2.24, 2.45) is 0 Å². The summed E-state index contributed by atoms with van der Waals surface area (Å²) in [5, 5.41) is 2.61. The molecule has 1 rings (SSSR count). The minimum atomic E-state index is -0.559. The van der Waals surface area contributed by atoms with E-state index in [1.165, 1.54) is 11.1 Å². The lowest BCUT2D eigenvalue weighted by atomic mass is 10.2. The number of hydrogen-bond acceptors (Lipinski definition) is 3. The number of pyridine rings is 1. The zero-order valence-corrected chi connectivity index (χ0v) is 11.5. The smallest absolute Gasteiger partial charge is 0.253 e. The van der Waals surface area contributed by atoms with Crippen LogP contribution in [-0.2, 0) is 4.79 Å². The predicted molar refractivity (Wildman–Crippen MR) is 67.6 cm³/mol. The van der Waals surface area contributed by atoms with E-state index in [1.54, 1.807) is 33.3 Å². The van der Waals surface area contributed by atoms with Crippen molar-refractivity contribution in [3.63, 3.8) is 0 Å². The van der Waals surface area contributed by atoms with Gasteiger partial charge in [-0.2, -0.15) is 0 Å². The molecule has 1 aromatic rings. The largest absolute Gasteiger partial charge is 0.347 e. The molecule has 1 aromatic heterocycles. The first kappa shape index (κ1) is 13.6. The van der Waals surface area contributed by atoms with Crippen LogP contribution in [0.25, 0.3) is 0 Å². The van der Waals surface area contributed by atoms with Crippen molar-refractivity contribution in [2.75, 3.05) is 14.1 Å². The Balaban J connectivity index is 2.70. The molecule has 0 aromatic carbocycles. The molecule has 17 heavy (non-hydrogen) atoms. The zero-order valence-electron chi connectivity index (χ0n) is 9.90. The fourth-order valence-corrected chi connectivity index (χ4v) is 1.63. The van der Waals surface area contributed by atoms with Crippen LogP contribution in [0.5, 0.6) is 0 Å². The number of carbonyl (C=O) groups is 2. The average Bonchev–Trinajstić information content (AvgIpc) is 2.27. The van der Waals surface area contributed by atoms with Gasteiger partial charge in [-0.15, -0.1) is 0 Å². The number of hydrogen-bond donors (Lipinski definition) is 1. The van der Waals surface area contributed by atoms with Gasteiger partial charge in [0.25, 0.3) is 5.91 Å². The lowest BCUT2D eigenvalue weighted by Crippen LogP contribution is -2.44. The van der Waals surface area contributed by atoms with Gasteiger partial charge in [0.1, 0.15) is 6.04 Å². The summed E-state index contributed by atoms with van der Waals surface area (Å²) in [6.45, 7) is 1.64. The molecule has 0 saturated carbocycles. The number of carbonyl (C=O) groups excluding carboxylic acids is 2. The average molecular weight is 300 g/mol. The molecule has 2 amide bonds. The molecule has 1 atom stereocenters. The molecule has 1 unspecified atom stereocenters. The highest BCUT2D eigenvalue weighted by atomic mass is 79.9. The molecule has 0 saturated heterocycles. The van der Waals surface area contributed by atoms with Gasteiger partial charge in [-0.25, -0.2) is 0 Å². The summed E-state index contributed by atoms with van der Waals surface area (Å²) >= 11 is 3.23. The Labute approximate surface area is 108 Å². The van der Waals surface area contributed by atoms with Crippen LogP contribution in [0.4, 0.5) is 0 Å². The Morgan fingerprint density at radius 2 is 2.06 bits per heavy atom. The van der Waals surface area contributed by atoms with Gasteiger partial charge < -0.3 is 10.2 Å². The van der Waals surface area contributed by atoms with E-state index in [0.717, 1.165) is 4.47 Å². The van der Waals surface area contributed by atoms with Crippen LogP contribution in [0.15, 0.2) is 22.9 Å². The summed E-state index contributed by atoms with van der Waals surface area (Å²) in [4.78, 5) is 28.7. The minimum Gasteiger partial charge on any atom is -0.347 e. The van der Waals surface area contributed by atoms with Gasteiger partial charge in [0.2, 0.25) is 5.91 Å². The Bertz CT molecular complexity index is 434. The molecule has 1 heterocycles. The van der Waals surface area contributed by atoms with Gasteiger partial charge in [0.15, 0.2) is 0 Å². The number of aromatic nitrogens is 1. The Kier molecular flexibility index (Phi) is 4.62. The third-order valence-corrected chi connectivity index (χ3v) is 2.56. The van der Waals surface area contributed by atoms with Crippen LogP contribution in [0, 0.1) is 0 Å². The molecule has 5 nitrogen and oxygen atoms in total. The maximum atomic E-state index is 11.8. The number of likely N-dealkylation sites (N-methyl/N-ethyl adjacent to an activating group) is 1. The van der Waals surface area contributed by atoms with E-state index in [4.69, 9.17) is 0 Å². The van der Waals surface area contributed by atoms with Gasteiger partial charge in [0.05, 0.1) is 5.56 Å². The van der Waals surface area contributed by atoms with Crippen LogP contribution < -0.4 is 5.32 Å². The van der Waals surface area contributed by atoms with Crippen LogP contribution in [0.1, 0.15) is 17.3 Å². The van der Waals surface area contributed by atoms with Gasteiger partial charge >= 0.3 is 0 Å². The summed E-state index contributed by atoms with van der Waals surface area (Å²) in [5.41, 5.74) is 0.415. The number of halogens is 1. The lowest BCUT2D eigenvalue weighted by molar-refractivity contribution is -0.130. The monoisotopic (exact) mass is 299 g/mol. The fourth-order valence-electron chi connectivity index (χ4n) is 1.27. The summed E-state index contributed by atoms with van der Waals surface area (Å²) < 4.78 is 0.719. The van der Waals surface area contributed by atoms with E-state index < -0.39 is 6.04 Å². The predicted octanol–water partition coefficient (Wildman–Crippen LogP) is 1.05. The van der Waals surface area contributed by atoms with Crippen molar-refractivity contribution < 1.29 is 9.59 Å². The first-order valence-corrected chi connectivity index (χ1v) is 5.83. The minimum absolute atomic E-state index is 0.152. The molecule has 6 heteroatoms. The van der Waals surface area contributed by atoms with Crippen LogP contribution in [-0.4, -0.2) is 41.8 Å². The molecule has 0 aliphatic carbocycles. The van der Waals surface area contributed by atoms with E-state index in [1.807, 2.05) is 0 Å². The highest BCUT2D eigenvalue weighted by molar-refractivity contribution is 9.10. The van der Waals surface area contributed by atoms with Gasteiger partial charge in [-0.05, 0) is 28.9 Å². The summed E-state index contributed by atoms with van der Waals surface area (Å²) in [6, 6.07) is 1.09. The van der Waals surface area contributed by atoms with Gasteiger partial charge in [-0.3, -0.25) is 14.6 Å². The number of amides is 2. The highest BCUT2D eigenvalue weighted by Gasteiger charge is 2.18. The maximum absolute atomic E-state index is 11.8. The third kappa shape index (κ3) is 3.81.